The Bertz CT molecular complexity index is 147. The molecule has 0 unspecified atom stereocenters. The molecule has 0 saturated heterocycles. The molecule has 3 N–H and O–H groups in total. The van der Waals surface area contributed by atoms with E-state index < -0.39 is 0 Å². The first-order valence-corrected chi connectivity index (χ1v) is 8.94. The summed E-state index contributed by atoms with van der Waals surface area (Å²) in [6.07, 6.45) is 14.6. The van der Waals surface area contributed by atoms with Crippen LogP contribution >= 0.6 is 0 Å². The molecule has 0 fully saturated rings. The Kier molecular flexibility index (Phi) is 18.8. The molecule has 0 aromatic carbocycles. The highest BCUT2D eigenvalue weighted by atomic mass is 16.2. The van der Waals surface area contributed by atoms with Crippen LogP contribution in [0, 0.1) is 0 Å². The number of aliphatic hydroxyl groups excluding tert-OH is 1. The maximum absolute atomic E-state index is 8.64. The van der Waals surface area contributed by atoms with Gasteiger partial charge in [0.05, 0.1) is 0 Å². The molecular formula is C17H38N2O. The molecule has 3 nitrogen and oxygen atoms in total. The van der Waals surface area contributed by atoms with Gasteiger partial charge >= 0.3 is 0 Å². The summed E-state index contributed by atoms with van der Waals surface area (Å²) in [6, 6.07) is 0. The summed E-state index contributed by atoms with van der Waals surface area (Å²) in [6.45, 7) is 6.89. The zero-order chi connectivity index (χ0) is 14.7. The molecule has 0 aliphatic carbocycles. The maximum atomic E-state index is 8.64. The van der Waals surface area contributed by atoms with Gasteiger partial charge in [-0.1, -0.05) is 58.3 Å². The van der Waals surface area contributed by atoms with Crippen LogP contribution in [0.15, 0.2) is 0 Å². The molecular weight excluding hydrogens is 248 g/mol. The summed E-state index contributed by atoms with van der Waals surface area (Å²) >= 11 is 0. The van der Waals surface area contributed by atoms with Crippen LogP contribution in [0.3, 0.4) is 0 Å². The molecule has 0 rings (SSSR count). The van der Waals surface area contributed by atoms with Crippen LogP contribution in [0.1, 0.15) is 77.6 Å². The smallest absolute Gasteiger partial charge is 0.0431 e. The standard InChI is InChI=1S/C17H38N2O/c1-2-3-4-5-6-7-8-9-10-13-18-15-16-19-14-11-12-17-20/h18-20H,2-17H2,1H3. The average molecular weight is 287 g/mol. The number of unbranched alkanes of at least 4 members (excludes halogenated alkanes) is 9. The molecule has 0 bridgehead atoms. The van der Waals surface area contributed by atoms with Gasteiger partial charge in [-0.2, -0.15) is 0 Å². The van der Waals surface area contributed by atoms with E-state index in [-0.39, 0.29) is 0 Å². The Morgan fingerprint density at radius 1 is 0.550 bits per heavy atom. The van der Waals surface area contributed by atoms with Gasteiger partial charge in [0.15, 0.2) is 0 Å². The minimum atomic E-state index is 0.318. The number of rotatable bonds is 17. The number of aliphatic hydroxyl groups is 1. The first kappa shape index (κ1) is 19.9. The molecule has 0 spiro atoms. The van der Waals surface area contributed by atoms with Crippen LogP contribution in [-0.2, 0) is 0 Å². The van der Waals surface area contributed by atoms with E-state index in [1.165, 1.54) is 57.8 Å². The van der Waals surface area contributed by atoms with E-state index in [9.17, 15) is 0 Å². The molecule has 0 aliphatic rings. The third-order valence-electron chi connectivity index (χ3n) is 3.70. The molecule has 0 aliphatic heterocycles. The van der Waals surface area contributed by atoms with Crippen molar-refractivity contribution in [3.05, 3.63) is 0 Å². The summed E-state index contributed by atoms with van der Waals surface area (Å²) in [7, 11) is 0. The lowest BCUT2D eigenvalue weighted by atomic mass is 10.1. The Morgan fingerprint density at radius 2 is 1.00 bits per heavy atom. The van der Waals surface area contributed by atoms with Crippen LogP contribution in [0.25, 0.3) is 0 Å². The highest BCUT2D eigenvalue weighted by Gasteiger charge is 1.92. The summed E-state index contributed by atoms with van der Waals surface area (Å²) in [5, 5.41) is 15.5. The largest absolute Gasteiger partial charge is 0.396 e. The van der Waals surface area contributed by atoms with Crippen molar-refractivity contribution in [1.82, 2.24) is 10.6 Å². The summed E-state index contributed by atoms with van der Waals surface area (Å²) in [4.78, 5) is 0. The average Bonchev–Trinajstić information content (AvgIpc) is 2.47. The van der Waals surface area contributed by atoms with Gasteiger partial charge in [0.25, 0.3) is 0 Å². The van der Waals surface area contributed by atoms with E-state index in [0.29, 0.717) is 6.61 Å². The molecule has 0 aromatic heterocycles. The fourth-order valence-electron chi connectivity index (χ4n) is 2.35. The van der Waals surface area contributed by atoms with E-state index in [1.54, 1.807) is 0 Å². The lowest BCUT2D eigenvalue weighted by Crippen LogP contribution is -2.28. The molecule has 0 atom stereocenters. The van der Waals surface area contributed by atoms with Gasteiger partial charge < -0.3 is 15.7 Å². The SMILES string of the molecule is CCCCCCCCCCCNCCNCCCCO. The predicted molar refractivity (Wildman–Crippen MR) is 89.3 cm³/mol. The lowest BCUT2D eigenvalue weighted by molar-refractivity contribution is 0.283. The summed E-state index contributed by atoms with van der Waals surface area (Å²) < 4.78 is 0. The number of nitrogens with one attached hydrogen (secondary N) is 2. The fourth-order valence-corrected chi connectivity index (χ4v) is 2.35. The van der Waals surface area contributed by atoms with Gasteiger partial charge in [0, 0.05) is 19.7 Å². The van der Waals surface area contributed by atoms with Crippen LogP contribution in [-0.4, -0.2) is 37.9 Å². The van der Waals surface area contributed by atoms with Crippen LogP contribution in [0.5, 0.6) is 0 Å². The van der Waals surface area contributed by atoms with Crippen molar-refractivity contribution in [2.75, 3.05) is 32.8 Å². The van der Waals surface area contributed by atoms with Crippen molar-refractivity contribution in [3.8, 4) is 0 Å². The molecule has 20 heavy (non-hydrogen) atoms. The lowest BCUT2D eigenvalue weighted by Gasteiger charge is -2.06. The second-order valence-corrected chi connectivity index (χ2v) is 5.76. The van der Waals surface area contributed by atoms with Crippen molar-refractivity contribution in [1.29, 1.82) is 0 Å². The molecule has 0 aromatic rings. The predicted octanol–water partition coefficient (Wildman–Crippen LogP) is 3.47. The number of hydrogen-bond acceptors (Lipinski definition) is 3. The first-order chi connectivity index (χ1) is 9.91. The second kappa shape index (κ2) is 18.9. The van der Waals surface area contributed by atoms with Crippen LogP contribution in [0.4, 0.5) is 0 Å². The molecule has 0 heterocycles. The van der Waals surface area contributed by atoms with Gasteiger partial charge in [-0.05, 0) is 32.4 Å². The Balaban J connectivity index is 2.89. The number of hydrogen-bond donors (Lipinski definition) is 3. The van der Waals surface area contributed by atoms with Crippen molar-refractivity contribution in [2.45, 2.75) is 77.6 Å². The van der Waals surface area contributed by atoms with Crippen LogP contribution < -0.4 is 10.6 Å². The third kappa shape index (κ3) is 17.9. The highest BCUT2D eigenvalue weighted by molar-refractivity contribution is 4.54. The van der Waals surface area contributed by atoms with Crippen LogP contribution in [0.2, 0.25) is 0 Å². The topological polar surface area (TPSA) is 44.3 Å². The van der Waals surface area contributed by atoms with E-state index in [4.69, 9.17) is 5.11 Å². The normalized spacial score (nSPS) is 11.1. The Hall–Kier alpha value is -0.120. The van der Waals surface area contributed by atoms with Gasteiger partial charge in [-0.3, -0.25) is 0 Å². The molecule has 122 valence electrons. The zero-order valence-electron chi connectivity index (χ0n) is 13.8. The van der Waals surface area contributed by atoms with Crippen molar-refractivity contribution < 1.29 is 5.11 Å². The second-order valence-electron chi connectivity index (χ2n) is 5.76. The quantitative estimate of drug-likeness (QED) is 0.359. The van der Waals surface area contributed by atoms with Gasteiger partial charge in [0.2, 0.25) is 0 Å². The monoisotopic (exact) mass is 286 g/mol. The van der Waals surface area contributed by atoms with Gasteiger partial charge in [-0.25, -0.2) is 0 Å². The van der Waals surface area contributed by atoms with E-state index in [0.717, 1.165) is 39.0 Å². The first-order valence-electron chi connectivity index (χ1n) is 8.94. The molecule has 0 saturated carbocycles. The summed E-state index contributed by atoms with van der Waals surface area (Å²) in [5.74, 6) is 0. The van der Waals surface area contributed by atoms with E-state index in [1.807, 2.05) is 0 Å². The Labute approximate surface area is 126 Å². The van der Waals surface area contributed by atoms with Crippen molar-refractivity contribution in [3.63, 3.8) is 0 Å². The summed E-state index contributed by atoms with van der Waals surface area (Å²) in [5.41, 5.74) is 0. The highest BCUT2D eigenvalue weighted by Crippen LogP contribution is 2.09. The minimum absolute atomic E-state index is 0.318. The molecule has 0 radical (unpaired) electrons. The minimum Gasteiger partial charge on any atom is -0.396 e. The van der Waals surface area contributed by atoms with E-state index in [2.05, 4.69) is 17.6 Å². The zero-order valence-corrected chi connectivity index (χ0v) is 13.8. The maximum Gasteiger partial charge on any atom is 0.0431 e. The van der Waals surface area contributed by atoms with Crippen molar-refractivity contribution >= 4 is 0 Å². The molecule has 0 amide bonds. The van der Waals surface area contributed by atoms with E-state index >= 15 is 0 Å². The molecule has 3 heteroatoms. The Morgan fingerprint density at radius 3 is 1.50 bits per heavy atom. The third-order valence-corrected chi connectivity index (χ3v) is 3.70. The fraction of sp³-hybridized carbons (Fsp3) is 1.00. The van der Waals surface area contributed by atoms with Gasteiger partial charge in [-0.15, -0.1) is 0 Å². The van der Waals surface area contributed by atoms with Gasteiger partial charge in [0.1, 0.15) is 0 Å². The van der Waals surface area contributed by atoms with Crippen molar-refractivity contribution in [2.24, 2.45) is 0 Å².